The molecule has 8 rings (SSSR count). The van der Waals surface area contributed by atoms with Crippen LogP contribution in [0, 0.1) is 0 Å². The van der Waals surface area contributed by atoms with E-state index in [-0.39, 0.29) is 0 Å². The van der Waals surface area contributed by atoms with Crippen molar-refractivity contribution in [2.24, 2.45) is 0 Å². The fourth-order valence-electron chi connectivity index (χ4n) is 5.74. The summed E-state index contributed by atoms with van der Waals surface area (Å²) in [6.07, 6.45) is 3.66. The van der Waals surface area contributed by atoms with Crippen molar-refractivity contribution in [1.82, 2.24) is 20.0 Å². The third-order valence-electron chi connectivity index (χ3n) is 7.53. The molecule has 0 saturated carbocycles. The van der Waals surface area contributed by atoms with Gasteiger partial charge in [-0.2, -0.15) is 4.80 Å². The van der Waals surface area contributed by atoms with E-state index in [1.54, 1.807) is 11.0 Å². The molecule has 0 radical (unpaired) electrons. The van der Waals surface area contributed by atoms with Gasteiger partial charge in [-0.15, -0.1) is 10.2 Å². The molecule has 39 heavy (non-hydrogen) atoms. The number of fused-ring (bicyclic) bond motifs is 7. The van der Waals surface area contributed by atoms with Crippen LogP contribution in [-0.2, 0) is 0 Å². The monoisotopic (exact) mass is 498 g/mol. The van der Waals surface area contributed by atoms with Gasteiger partial charge in [-0.3, -0.25) is 4.98 Å². The summed E-state index contributed by atoms with van der Waals surface area (Å²) in [4.78, 5) is 5.98. The molecule has 0 amide bonds. The van der Waals surface area contributed by atoms with Gasteiger partial charge in [0.05, 0.1) is 5.69 Å². The van der Waals surface area contributed by atoms with Crippen molar-refractivity contribution < 1.29 is 0 Å². The predicted molar refractivity (Wildman–Crippen MR) is 160 cm³/mol. The Morgan fingerprint density at radius 1 is 0.462 bits per heavy atom. The molecule has 6 aromatic carbocycles. The third-order valence-corrected chi connectivity index (χ3v) is 7.53. The quantitative estimate of drug-likeness (QED) is 0.229. The standard InChI is InChI=1S/C35H22N4/c1-2-12-30-28(11-1)29-13-3-4-14-31(29)35-27(15-6-16-32(30)35)24-17-18-33-34(21-24)38-39(37-33)26-10-5-8-23(20-26)25-9-7-19-36-22-25/h1-22H. The molecule has 182 valence electrons. The second kappa shape index (κ2) is 8.61. The molecule has 2 aromatic heterocycles. The minimum absolute atomic E-state index is 0.862. The highest BCUT2D eigenvalue weighted by Crippen LogP contribution is 2.40. The Morgan fingerprint density at radius 2 is 1.13 bits per heavy atom. The second-order valence-electron chi connectivity index (χ2n) is 9.80. The number of nitrogens with zero attached hydrogens (tertiary/aromatic N) is 4. The average molecular weight is 499 g/mol. The summed E-state index contributed by atoms with van der Waals surface area (Å²) in [7, 11) is 0. The van der Waals surface area contributed by atoms with Crippen LogP contribution in [0.25, 0.3) is 71.3 Å². The Balaban J connectivity index is 1.30. The second-order valence-corrected chi connectivity index (χ2v) is 9.80. The Bertz CT molecular complexity index is 2130. The topological polar surface area (TPSA) is 43.6 Å². The molecule has 0 aliphatic heterocycles. The zero-order chi connectivity index (χ0) is 25.8. The van der Waals surface area contributed by atoms with Gasteiger partial charge in [0.1, 0.15) is 11.0 Å². The zero-order valence-corrected chi connectivity index (χ0v) is 21.0. The molecule has 0 aliphatic carbocycles. The summed E-state index contributed by atoms with van der Waals surface area (Å²) in [6.45, 7) is 0. The van der Waals surface area contributed by atoms with Crippen molar-refractivity contribution in [1.29, 1.82) is 0 Å². The Morgan fingerprint density at radius 3 is 1.90 bits per heavy atom. The van der Waals surface area contributed by atoms with Gasteiger partial charge >= 0.3 is 0 Å². The molecule has 0 unspecified atom stereocenters. The molecule has 8 aromatic rings. The average Bonchev–Trinajstić information content (AvgIpc) is 3.45. The Kier molecular flexibility index (Phi) is 4.79. The van der Waals surface area contributed by atoms with Gasteiger partial charge in [-0.1, -0.05) is 91.0 Å². The van der Waals surface area contributed by atoms with Gasteiger partial charge in [0.2, 0.25) is 0 Å². The molecule has 0 aliphatic rings. The molecular formula is C35H22N4. The molecule has 4 nitrogen and oxygen atoms in total. The fourth-order valence-corrected chi connectivity index (χ4v) is 5.74. The first kappa shape index (κ1) is 21.7. The van der Waals surface area contributed by atoms with Gasteiger partial charge in [0, 0.05) is 18.0 Å². The van der Waals surface area contributed by atoms with Crippen molar-refractivity contribution in [3.05, 3.63) is 134 Å². The van der Waals surface area contributed by atoms with E-state index in [9.17, 15) is 0 Å². The van der Waals surface area contributed by atoms with Crippen LogP contribution in [0.2, 0.25) is 0 Å². The van der Waals surface area contributed by atoms with Crippen molar-refractivity contribution in [3.8, 4) is 27.9 Å². The summed E-state index contributed by atoms with van der Waals surface area (Å²) in [5, 5.41) is 17.3. The van der Waals surface area contributed by atoms with Crippen LogP contribution in [0.4, 0.5) is 0 Å². The first-order valence-corrected chi connectivity index (χ1v) is 13.0. The molecule has 0 spiro atoms. The van der Waals surface area contributed by atoms with Crippen LogP contribution >= 0.6 is 0 Å². The van der Waals surface area contributed by atoms with Gasteiger partial charge in [-0.05, 0) is 79.3 Å². The zero-order valence-electron chi connectivity index (χ0n) is 21.0. The number of hydrogen-bond acceptors (Lipinski definition) is 3. The van der Waals surface area contributed by atoms with Crippen LogP contribution in [0.15, 0.2) is 134 Å². The summed E-state index contributed by atoms with van der Waals surface area (Å²) < 4.78 is 0. The summed E-state index contributed by atoms with van der Waals surface area (Å²) in [5.41, 5.74) is 7.11. The molecule has 2 heterocycles. The van der Waals surface area contributed by atoms with Gasteiger partial charge < -0.3 is 0 Å². The smallest absolute Gasteiger partial charge is 0.114 e. The van der Waals surface area contributed by atoms with Crippen molar-refractivity contribution >= 4 is 43.4 Å². The van der Waals surface area contributed by atoms with Gasteiger partial charge in [0.25, 0.3) is 0 Å². The van der Waals surface area contributed by atoms with E-state index in [0.29, 0.717) is 0 Å². The van der Waals surface area contributed by atoms with E-state index in [0.717, 1.165) is 33.4 Å². The Hall–Kier alpha value is -5.35. The molecule has 0 N–H and O–H groups in total. The first-order chi connectivity index (χ1) is 19.3. The molecular weight excluding hydrogens is 476 g/mol. The summed E-state index contributed by atoms with van der Waals surface area (Å²) >= 11 is 0. The lowest BCUT2D eigenvalue weighted by molar-refractivity contribution is 0.766. The maximum absolute atomic E-state index is 4.89. The maximum Gasteiger partial charge on any atom is 0.114 e. The van der Waals surface area contributed by atoms with E-state index in [4.69, 9.17) is 10.2 Å². The largest absolute Gasteiger partial charge is 0.264 e. The SMILES string of the molecule is c1cncc(-c2cccc(-n3nc4ccc(-c5cccc6c7ccccc7c7ccccc7c56)cc4n3)c2)c1. The lowest BCUT2D eigenvalue weighted by atomic mass is 9.89. The lowest BCUT2D eigenvalue weighted by Gasteiger charge is -2.14. The molecule has 4 heteroatoms. The van der Waals surface area contributed by atoms with E-state index >= 15 is 0 Å². The van der Waals surface area contributed by atoms with Crippen molar-refractivity contribution in [2.75, 3.05) is 0 Å². The molecule has 0 bridgehead atoms. The Labute approximate surface area is 224 Å². The van der Waals surface area contributed by atoms with Crippen LogP contribution < -0.4 is 0 Å². The summed E-state index contributed by atoms with van der Waals surface area (Å²) in [5.74, 6) is 0. The highest BCUT2D eigenvalue weighted by molar-refractivity contribution is 6.28. The highest BCUT2D eigenvalue weighted by atomic mass is 15.5. The van der Waals surface area contributed by atoms with E-state index in [1.807, 2.05) is 24.4 Å². The van der Waals surface area contributed by atoms with Crippen LogP contribution in [0.1, 0.15) is 0 Å². The fraction of sp³-hybridized carbons (Fsp3) is 0. The lowest BCUT2D eigenvalue weighted by Crippen LogP contribution is -1.98. The highest BCUT2D eigenvalue weighted by Gasteiger charge is 2.14. The van der Waals surface area contributed by atoms with Crippen LogP contribution in [0.5, 0.6) is 0 Å². The van der Waals surface area contributed by atoms with E-state index in [2.05, 4.69) is 108 Å². The molecule has 0 saturated heterocycles. The van der Waals surface area contributed by atoms with Crippen LogP contribution in [-0.4, -0.2) is 20.0 Å². The number of hydrogen-bond donors (Lipinski definition) is 0. The van der Waals surface area contributed by atoms with E-state index in [1.165, 1.54) is 37.9 Å². The number of aromatic nitrogens is 4. The minimum Gasteiger partial charge on any atom is -0.264 e. The van der Waals surface area contributed by atoms with Gasteiger partial charge in [-0.25, -0.2) is 0 Å². The van der Waals surface area contributed by atoms with Crippen molar-refractivity contribution in [3.63, 3.8) is 0 Å². The third kappa shape index (κ3) is 3.50. The minimum atomic E-state index is 0.862. The number of rotatable bonds is 3. The maximum atomic E-state index is 4.89. The molecule has 0 fully saturated rings. The van der Waals surface area contributed by atoms with Gasteiger partial charge in [0.15, 0.2) is 0 Å². The number of benzene rings is 6. The summed E-state index contributed by atoms with van der Waals surface area (Å²) in [6, 6.07) is 42.6. The molecule has 0 atom stereocenters. The van der Waals surface area contributed by atoms with Crippen molar-refractivity contribution in [2.45, 2.75) is 0 Å². The number of pyridine rings is 1. The normalized spacial score (nSPS) is 11.6. The first-order valence-electron chi connectivity index (χ1n) is 13.0. The van der Waals surface area contributed by atoms with Crippen LogP contribution in [0.3, 0.4) is 0 Å². The van der Waals surface area contributed by atoms with E-state index < -0.39 is 0 Å². The predicted octanol–water partition coefficient (Wildman–Crippen LogP) is 8.61.